The molecule has 0 aromatic carbocycles. The summed E-state index contributed by atoms with van der Waals surface area (Å²) >= 11 is 2.10. The second-order valence-corrected chi connectivity index (χ2v) is 12.7. The van der Waals surface area contributed by atoms with Gasteiger partial charge in [-0.1, -0.05) is 31.1 Å². The molecule has 5 heteroatoms. The molecule has 2 saturated carbocycles. The SMILES string of the molecule is CN(C)CCS[C@@H]1CC2=CC(=O)CC[C@]2(C)C2=CC[C@@]3(C)C(CC[C@@]34CCC(=O)O4)C21. The van der Waals surface area contributed by atoms with E-state index in [1.807, 2.05) is 6.08 Å². The van der Waals surface area contributed by atoms with E-state index in [2.05, 4.69) is 50.7 Å². The number of thioether (sulfide) groups is 1. The molecule has 5 rings (SSSR count). The van der Waals surface area contributed by atoms with Gasteiger partial charge in [0.15, 0.2) is 5.78 Å². The smallest absolute Gasteiger partial charge is 0.306 e. The Kier molecular flexibility index (Phi) is 5.25. The lowest BCUT2D eigenvalue weighted by Gasteiger charge is -2.57. The van der Waals surface area contributed by atoms with Crippen LogP contribution in [0, 0.1) is 22.7 Å². The van der Waals surface area contributed by atoms with Crippen LogP contribution in [-0.2, 0) is 14.3 Å². The predicted molar refractivity (Wildman–Crippen MR) is 125 cm³/mol. The van der Waals surface area contributed by atoms with Crippen molar-refractivity contribution in [3.8, 4) is 0 Å². The minimum Gasteiger partial charge on any atom is -0.458 e. The summed E-state index contributed by atoms with van der Waals surface area (Å²) in [6.45, 7) is 5.88. The fourth-order valence-corrected chi connectivity index (χ4v) is 9.25. The lowest BCUT2D eigenvalue weighted by molar-refractivity contribution is -0.160. The molecule has 0 aromatic rings. The third-order valence-electron chi connectivity index (χ3n) is 9.54. The van der Waals surface area contributed by atoms with Crippen molar-refractivity contribution in [2.45, 2.75) is 76.1 Å². The van der Waals surface area contributed by atoms with Crippen LogP contribution in [0.3, 0.4) is 0 Å². The Morgan fingerprint density at radius 1 is 1.16 bits per heavy atom. The summed E-state index contributed by atoms with van der Waals surface area (Å²) in [6.07, 6.45) is 11.8. The fraction of sp³-hybridized carbons (Fsp3) is 0.769. The van der Waals surface area contributed by atoms with Gasteiger partial charge in [-0.2, -0.15) is 11.8 Å². The average Bonchev–Trinajstić information content (AvgIpc) is 3.23. The van der Waals surface area contributed by atoms with Gasteiger partial charge in [0.05, 0.1) is 0 Å². The Hall–Kier alpha value is -1.07. The molecule has 31 heavy (non-hydrogen) atoms. The van der Waals surface area contributed by atoms with E-state index in [9.17, 15) is 9.59 Å². The molecule has 4 nitrogen and oxygen atoms in total. The van der Waals surface area contributed by atoms with E-state index in [0.717, 1.165) is 50.8 Å². The number of fused-ring (bicyclic) bond motifs is 6. The molecule has 3 fully saturated rings. The number of hydrogen-bond acceptors (Lipinski definition) is 5. The van der Waals surface area contributed by atoms with Crippen molar-refractivity contribution >= 4 is 23.5 Å². The largest absolute Gasteiger partial charge is 0.458 e. The van der Waals surface area contributed by atoms with E-state index in [0.29, 0.717) is 35.7 Å². The number of rotatable bonds is 4. The summed E-state index contributed by atoms with van der Waals surface area (Å²) < 4.78 is 6.12. The van der Waals surface area contributed by atoms with Gasteiger partial charge in [-0.25, -0.2) is 0 Å². The van der Waals surface area contributed by atoms with E-state index >= 15 is 0 Å². The summed E-state index contributed by atoms with van der Waals surface area (Å²) in [5.74, 6) is 2.51. The molecule has 4 aliphatic carbocycles. The molecule has 1 heterocycles. The van der Waals surface area contributed by atoms with Crippen LogP contribution in [0.1, 0.15) is 65.2 Å². The number of carbonyl (C=O) groups is 2. The quantitative estimate of drug-likeness (QED) is 0.462. The van der Waals surface area contributed by atoms with Gasteiger partial charge >= 0.3 is 5.97 Å². The first kappa shape index (κ1) is 21.8. The number of nitrogens with zero attached hydrogens (tertiary/aromatic N) is 1. The normalized spacial score (nSPS) is 44.0. The van der Waals surface area contributed by atoms with Crippen molar-refractivity contribution in [1.29, 1.82) is 0 Å². The highest BCUT2D eigenvalue weighted by Crippen LogP contribution is 2.69. The summed E-state index contributed by atoms with van der Waals surface area (Å²) in [5, 5.41) is 0.508. The maximum absolute atomic E-state index is 12.3. The van der Waals surface area contributed by atoms with Crippen molar-refractivity contribution in [2.24, 2.45) is 22.7 Å². The summed E-state index contributed by atoms with van der Waals surface area (Å²) in [4.78, 5) is 26.7. The van der Waals surface area contributed by atoms with E-state index < -0.39 is 0 Å². The molecule has 6 atom stereocenters. The first-order valence-corrected chi connectivity index (χ1v) is 13.2. The minimum atomic E-state index is -0.255. The van der Waals surface area contributed by atoms with E-state index in [1.165, 1.54) is 5.57 Å². The molecular weight excluding hydrogens is 406 g/mol. The highest BCUT2D eigenvalue weighted by atomic mass is 32.2. The van der Waals surface area contributed by atoms with E-state index in [4.69, 9.17) is 4.74 Å². The van der Waals surface area contributed by atoms with Crippen LogP contribution in [0.2, 0.25) is 0 Å². The molecule has 5 aliphatic rings. The van der Waals surface area contributed by atoms with Crippen molar-refractivity contribution in [3.05, 3.63) is 23.3 Å². The van der Waals surface area contributed by atoms with Gasteiger partial charge < -0.3 is 9.64 Å². The monoisotopic (exact) mass is 443 g/mol. The molecule has 1 saturated heterocycles. The number of allylic oxidation sites excluding steroid dienone is 4. The standard InChI is InChI=1S/C26H37NO3S/c1-24-9-5-18(28)15-17(24)16-21(31-14-13-27(3)4)23-19(24)6-10-25(2)20(23)7-11-26(25)12-8-22(29)30-26/h6,15,20-21,23H,5,7-14,16H2,1-4H3/t20?,21-,23?,24+,25+,26-/m1/s1. The molecule has 0 N–H and O–H groups in total. The Morgan fingerprint density at radius 2 is 1.97 bits per heavy atom. The Labute approximate surface area is 191 Å². The second-order valence-electron chi connectivity index (χ2n) is 11.3. The zero-order valence-corrected chi connectivity index (χ0v) is 20.4. The molecule has 170 valence electrons. The third kappa shape index (κ3) is 3.20. The summed E-state index contributed by atoms with van der Waals surface area (Å²) in [5.41, 5.74) is 2.80. The number of hydrogen-bond donors (Lipinski definition) is 0. The molecular formula is C26H37NO3S. The van der Waals surface area contributed by atoms with Gasteiger partial charge in [0, 0.05) is 41.2 Å². The molecule has 0 radical (unpaired) electrons. The molecule has 1 aliphatic heterocycles. The highest BCUT2D eigenvalue weighted by molar-refractivity contribution is 7.99. The summed E-state index contributed by atoms with van der Waals surface area (Å²) in [6, 6.07) is 0. The summed E-state index contributed by atoms with van der Waals surface area (Å²) in [7, 11) is 4.28. The zero-order valence-electron chi connectivity index (χ0n) is 19.5. The number of carbonyl (C=O) groups excluding carboxylic acids is 2. The Balaban J connectivity index is 1.53. The van der Waals surface area contributed by atoms with Gasteiger partial charge in [-0.15, -0.1) is 0 Å². The molecule has 0 bridgehead atoms. The zero-order chi connectivity index (χ0) is 22.0. The van der Waals surface area contributed by atoms with Crippen molar-refractivity contribution in [3.63, 3.8) is 0 Å². The van der Waals surface area contributed by atoms with Crippen molar-refractivity contribution in [1.82, 2.24) is 4.90 Å². The van der Waals surface area contributed by atoms with Gasteiger partial charge in [0.1, 0.15) is 5.60 Å². The number of esters is 1. The molecule has 2 unspecified atom stereocenters. The van der Waals surface area contributed by atoms with Crippen LogP contribution in [-0.4, -0.2) is 53.9 Å². The average molecular weight is 444 g/mol. The topological polar surface area (TPSA) is 46.6 Å². The second kappa shape index (κ2) is 7.48. The van der Waals surface area contributed by atoms with Crippen LogP contribution in [0.25, 0.3) is 0 Å². The van der Waals surface area contributed by atoms with Crippen LogP contribution in [0.4, 0.5) is 0 Å². The van der Waals surface area contributed by atoms with Gasteiger partial charge in [-0.3, -0.25) is 9.59 Å². The lowest BCUT2D eigenvalue weighted by atomic mass is 9.50. The maximum Gasteiger partial charge on any atom is 0.306 e. The van der Waals surface area contributed by atoms with Gasteiger partial charge in [-0.05, 0) is 70.5 Å². The first-order chi connectivity index (χ1) is 14.7. The molecule has 1 spiro atoms. The third-order valence-corrected chi connectivity index (χ3v) is 10.9. The number of ketones is 1. The van der Waals surface area contributed by atoms with E-state index in [-0.39, 0.29) is 22.4 Å². The van der Waals surface area contributed by atoms with Gasteiger partial charge in [0.25, 0.3) is 0 Å². The highest BCUT2D eigenvalue weighted by Gasteiger charge is 2.66. The fourth-order valence-electron chi connectivity index (χ4n) is 7.64. The van der Waals surface area contributed by atoms with Crippen LogP contribution >= 0.6 is 11.8 Å². The number of ether oxygens (including phenoxy) is 1. The van der Waals surface area contributed by atoms with Crippen LogP contribution in [0.15, 0.2) is 23.3 Å². The van der Waals surface area contributed by atoms with Gasteiger partial charge in [0.2, 0.25) is 0 Å². The Bertz CT molecular complexity index is 863. The van der Waals surface area contributed by atoms with Crippen molar-refractivity contribution in [2.75, 3.05) is 26.4 Å². The molecule has 0 amide bonds. The van der Waals surface area contributed by atoms with Crippen molar-refractivity contribution < 1.29 is 14.3 Å². The molecule has 0 aromatic heterocycles. The predicted octanol–water partition coefficient (Wildman–Crippen LogP) is 4.79. The van der Waals surface area contributed by atoms with Crippen LogP contribution in [0.5, 0.6) is 0 Å². The maximum atomic E-state index is 12.3. The lowest BCUT2D eigenvalue weighted by Crippen LogP contribution is -2.53. The minimum absolute atomic E-state index is 0.000165. The Morgan fingerprint density at radius 3 is 2.68 bits per heavy atom. The first-order valence-electron chi connectivity index (χ1n) is 12.1. The van der Waals surface area contributed by atoms with Crippen LogP contribution < -0.4 is 0 Å². The van der Waals surface area contributed by atoms with E-state index in [1.54, 1.807) is 5.57 Å².